The van der Waals surface area contributed by atoms with Crippen LogP contribution in [0.25, 0.3) is 0 Å². The molecule has 0 aliphatic carbocycles. The van der Waals surface area contributed by atoms with Gasteiger partial charge in [0.15, 0.2) is 0 Å². The van der Waals surface area contributed by atoms with Crippen LogP contribution in [0.1, 0.15) is 79.1 Å². The van der Waals surface area contributed by atoms with E-state index in [1.807, 2.05) is 13.8 Å². The molecule has 188 valence electrons. The third-order valence-corrected chi connectivity index (χ3v) is 5.87. The minimum atomic E-state index is -0.564. The maximum atomic E-state index is 13.2. The third-order valence-electron chi connectivity index (χ3n) is 5.33. The summed E-state index contributed by atoms with van der Waals surface area (Å²) >= 11 is 4.58. The molecule has 2 unspecified atom stereocenters. The van der Waals surface area contributed by atoms with Crippen LogP contribution in [-0.2, 0) is 19.1 Å². The monoisotopic (exact) mass is 493 g/mol. The molecule has 1 fully saturated rings. The number of carbonyl (C=O) groups excluding carboxylic acids is 3. The molecule has 0 aromatic heterocycles. The Morgan fingerprint density at radius 1 is 1.06 bits per heavy atom. The number of amides is 2. The van der Waals surface area contributed by atoms with Gasteiger partial charge in [-0.1, -0.05) is 20.3 Å². The molecule has 0 bridgehead atoms. The number of carbonyl (C=O) groups is 3. The van der Waals surface area contributed by atoms with Crippen LogP contribution in [0.15, 0.2) is 0 Å². The van der Waals surface area contributed by atoms with Gasteiger partial charge in [-0.15, -0.1) is 12.4 Å². The topological polar surface area (TPSA) is 96.5 Å². The number of nitrogens with one attached hydrogen (secondary N) is 3. The lowest BCUT2D eigenvalue weighted by Crippen LogP contribution is -2.50. The van der Waals surface area contributed by atoms with E-state index in [1.54, 1.807) is 13.8 Å². The number of ether oxygens (including phenoxy) is 1. The van der Waals surface area contributed by atoms with Crippen molar-refractivity contribution in [2.45, 2.75) is 96.5 Å². The number of esters is 1. The molecule has 1 aliphatic rings. The predicted octanol–water partition coefficient (Wildman–Crippen LogP) is 3.26. The highest BCUT2D eigenvalue weighted by Gasteiger charge is 2.31. The molecule has 1 heterocycles. The van der Waals surface area contributed by atoms with E-state index < -0.39 is 17.2 Å². The molecule has 0 aromatic rings. The van der Waals surface area contributed by atoms with E-state index in [4.69, 9.17) is 4.74 Å². The fourth-order valence-corrected chi connectivity index (χ4v) is 4.13. The first kappa shape index (κ1) is 31.0. The van der Waals surface area contributed by atoms with E-state index in [0.717, 1.165) is 45.2 Å². The Hall–Kier alpha value is -0.990. The number of rotatable bonds is 8. The number of halogens is 1. The van der Waals surface area contributed by atoms with Gasteiger partial charge in [0.25, 0.3) is 0 Å². The van der Waals surface area contributed by atoms with Crippen LogP contribution in [0.3, 0.4) is 0 Å². The second-order valence-corrected chi connectivity index (χ2v) is 9.87. The van der Waals surface area contributed by atoms with E-state index in [1.165, 1.54) is 0 Å². The zero-order chi connectivity index (χ0) is 23.2. The van der Waals surface area contributed by atoms with E-state index in [2.05, 4.69) is 28.6 Å². The Bertz CT molecular complexity index is 563. The second-order valence-electron chi connectivity index (χ2n) is 9.20. The minimum absolute atomic E-state index is 0. The molecule has 2 amide bonds. The first-order valence-corrected chi connectivity index (χ1v) is 12.4. The first-order chi connectivity index (χ1) is 14.7. The maximum absolute atomic E-state index is 13.2. The van der Waals surface area contributed by atoms with Crippen LogP contribution in [0.5, 0.6) is 0 Å². The number of hydrogen-bond acceptors (Lipinski definition) is 6. The molecule has 1 rings (SSSR count). The van der Waals surface area contributed by atoms with Crippen molar-refractivity contribution in [2.24, 2.45) is 11.8 Å². The van der Waals surface area contributed by atoms with Crippen LogP contribution >= 0.6 is 25.0 Å². The molecule has 9 heteroatoms. The van der Waals surface area contributed by atoms with Gasteiger partial charge >= 0.3 is 5.97 Å². The summed E-state index contributed by atoms with van der Waals surface area (Å²) < 4.78 is 5.22. The summed E-state index contributed by atoms with van der Waals surface area (Å²) in [5.41, 5.74) is 0. The van der Waals surface area contributed by atoms with Gasteiger partial charge in [0.1, 0.15) is 6.04 Å². The van der Waals surface area contributed by atoms with Gasteiger partial charge in [-0.05, 0) is 71.4 Å². The van der Waals surface area contributed by atoms with Gasteiger partial charge in [0.05, 0.1) is 18.4 Å². The highest BCUT2D eigenvalue weighted by molar-refractivity contribution is 7.81. The lowest BCUT2D eigenvalue weighted by Gasteiger charge is -2.27. The molecule has 7 nitrogen and oxygen atoms in total. The highest BCUT2D eigenvalue weighted by Crippen LogP contribution is 2.24. The maximum Gasteiger partial charge on any atom is 0.307 e. The first-order valence-electron chi connectivity index (χ1n) is 11.9. The normalized spacial score (nSPS) is 20.6. The SMILES string of the molecule is CC(C)CC(C(=O)NC1CCCCNCCCCCNC1=O)[C@@H](S)CC(=O)OC(C)C.Cl. The largest absolute Gasteiger partial charge is 0.463 e. The smallest absolute Gasteiger partial charge is 0.307 e. The Morgan fingerprint density at radius 2 is 1.69 bits per heavy atom. The quantitative estimate of drug-likeness (QED) is 0.307. The Kier molecular flexibility index (Phi) is 16.9. The van der Waals surface area contributed by atoms with Crippen molar-refractivity contribution in [3.8, 4) is 0 Å². The minimum Gasteiger partial charge on any atom is -0.463 e. The molecule has 32 heavy (non-hydrogen) atoms. The zero-order valence-corrected chi connectivity index (χ0v) is 21.9. The molecule has 0 radical (unpaired) electrons. The lowest BCUT2D eigenvalue weighted by molar-refractivity contribution is -0.147. The molecule has 1 saturated heterocycles. The lowest BCUT2D eigenvalue weighted by atomic mass is 9.91. The Labute approximate surface area is 205 Å². The van der Waals surface area contributed by atoms with Gasteiger partial charge in [-0.3, -0.25) is 14.4 Å². The summed E-state index contributed by atoms with van der Waals surface area (Å²) in [4.78, 5) is 38.0. The van der Waals surface area contributed by atoms with Crippen molar-refractivity contribution in [1.29, 1.82) is 0 Å². The predicted molar refractivity (Wildman–Crippen MR) is 134 cm³/mol. The van der Waals surface area contributed by atoms with Crippen LogP contribution in [0.4, 0.5) is 0 Å². The fraction of sp³-hybridized carbons (Fsp3) is 0.870. The van der Waals surface area contributed by atoms with E-state index in [0.29, 0.717) is 19.4 Å². The van der Waals surface area contributed by atoms with Crippen LogP contribution in [-0.4, -0.2) is 54.8 Å². The van der Waals surface area contributed by atoms with Crippen molar-refractivity contribution >= 4 is 42.8 Å². The molecule has 1 aliphatic heterocycles. The molecule has 3 N–H and O–H groups in total. The van der Waals surface area contributed by atoms with Crippen LogP contribution in [0.2, 0.25) is 0 Å². The summed E-state index contributed by atoms with van der Waals surface area (Å²) in [5.74, 6) is -0.912. The standard InChI is InChI=1S/C23H43N3O4S.ClH/c1-16(2)14-18(20(31)15-21(27)30-17(3)4)22(28)26-19-10-6-9-12-24-11-7-5-8-13-25-23(19)29;/h16-20,24,31H,5-15H2,1-4H3,(H,25,29)(H,26,28);1H/t18?,19?,20-;/m0./s1. The van der Waals surface area contributed by atoms with Crippen molar-refractivity contribution in [3.63, 3.8) is 0 Å². The average Bonchev–Trinajstić information content (AvgIpc) is 2.69. The van der Waals surface area contributed by atoms with Crippen molar-refractivity contribution in [1.82, 2.24) is 16.0 Å². The number of hydrogen-bond donors (Lipinski definition) is 4. The summed E-state index contributed by atoms with van der Waals surface area (Å²) in [6.07, 6.45) is 5.97. The second kappa shape index (κ2) is 17.5. The van der Waals surface area contributed by atoms with Crippen LogP contribution in [0, 0.1) is 11.8 Å². The van der Waals surface area contributed by atoms with Crippen molar-refractivity contribution in [2.75, 3.05) is 19.6 Å². The molecular formula is C23H44ClN3O4S. The van der Waals surface area contributed by atoms with E-state index >= 15 is 0 Å². The van der Waals surface area contributed by atoms with Crippen molar-refractivity contribution in [3.05, 3.63) is 0 Å². The zero-order valence-electron chi connectivity index (χ0n) is 20.2. The van der Waals surface area contributed by atoms with E-state index in [9.17, 15) is 14.4 Å². The van der Waals surface area contributed by atoms with E-state index in [-0.39, 0.29) is 48.6 Å². The van der Waals surface area contributed by atoms with Gasteiger partial charge in [-0.2, -0.15) is 12.6 Å². The summed E-state index contributed by atoms with van der Waals surface area (Å²) in [7, 11) is 0. The number of thiol groups is 1. The average molecular weight is 494 g/mol. The molecule has 3 atom stereocenters. The summed E-state index contributed by atoms with van der Waals surface area (Å²) in [6.45, 7) is 10.2. The van der Waals surface area contributed by atoms with Gasteiger partial charge < -0.3 is 20.7 Å². The Morgan fingerprint density at radius 3 is 2.31 bits per heavy atom. The molecule has 0 saturated carbocycles. The molecule has 0 aromatic carbocycles. The fourth-order valence-electron chi connectivity index (χ4n) is 3.73. The van der Waals surface area contributed by atoms with Crippen molar-refractivity contribution < 1.29 is 19.1 Å². The Balaban J connectivity index is 0.00000961. The molecule has 0 spiro atoms. The summed E-state index contributed by atoms with van der Waals surface area (Å²) in [6, 6.07) is -0.564. The summed E-state index contributed by atoms with van der Waals surface area (Å²) in [5, 5.41) is 8.90. The third kappa shape index (κ3) is 13.5. The molecular weight excluding hydrogens is 450 g/mol. The highest BCUT2D eigenvalue weighted by atomic mass is 35.5. The van der Waals surface area contributed by atoms with Gasteiger partial charge in [0.2, 0.25) is 11.8 Å². The van der Waals surface area contributed by atoms with Gasteiger partial charge in [-0.25, -0.2) is 0 Å². The van der Waals surface area contributed by atoms with Crippen LogP contribution < -0.4 is 16.0 Å². The van der Waals surface area contributed by atoms with Gasteiger partial charge in [0, 0.05) is 11.8 Å².